The number of unbranched alkanes of at least 4 members (excludes halogenated alkanes) is 1. The van der Waals surface area contributed by atoms with Gasteiger partial charge in [0.1, 0.15) is 16.9 Å². The van der Waals surface area contributed by atoms with Crippen molar-refractivity contribution in [3.8, 4) is 5.75 Å². The summed E-state index contributed by atoms with van der Waals surface area (Å²) in [5.41, 5.74) is -0.126. The van der Waals surface area contributed by atoms with Crippen LogP contribution in [0, 0.1) is 0 Å². The Labute approximate surface area is 168 Å². The first-order valence-electron chi connectivity index (χ1n) is 10.2. The Morgan fingerprint density at radius 2 is 1.89 bits per heavy atom. The Morgan fingerprint density at radius 3 is 2.46 bits per heavy atom. The lowest BCUT2D eigenvalue weighted by molar-refractivity contribution is -0.140. The predicted molar refractivity (Wildman–Crippen MR) is 111 cm³/mol. The Balaban J connectivity index is 3.08. The van der Waals surface area contributed by atoms with E-state index in [1.165, 1.54) is 7.11 Å². The van der Waals surface area contributed by atoms with Crippen molar-refractivity contribution in [2.45, 2.75) is 78.4 Å². The highest BCUT2D eigenvalue weighted by atomic mass is 16.5. The highest BCUT2D eigenvalue weighted by Crippen LogP contribution is 2.27. The Kier molecular flexibility index (Phi) is 10.0. The van der Waals surface area contributed by atoms with Crippen molar-refractivity contribution in [1.29, 1.82) is 0 Å². The molecule has 1 aromatic rings. The maximum absolute atomic E-state index is 12.9. The van der Waals surface area contributed by atoms with Crippen molar-refractivity contribution in [3.05, 3.63) is 23.8 Å². The van der Waals surface area contributed by atoms with Crippen LogP contribution in [0.4, 0.5) is 5.69 Å². The number of methoxy groups -OCH3 is 1. The molecule has 158 valence electrons. The van der Waals surface area contributed by atoms with E-state index in [2.05, 4.69) is 12.2 Å². The lowest BCUT2D eigenvalue weighted by Gasteiger charge is -2.28. The third-order valence-corrected chi connectivity index (χ3v) is 4.66. The molecule has 0 saturated heterocycles. The van der Waals surface area contributed by atoms with Gasteiger partial charge in [0, 0.05) is 12.3 Å². The zero-order valence-corrected chi connectivity index (χ0v) is 18.1. The highest BCUT2D eigenvalue weighted by Gasteiger charge is 2.33. The Bertz CT molecular complexity index is 636. The number of rotatable bonds is 12. The number of hydrogen-bond acceptors (Lipinski definition) is 5. The maximum atomic E-state index is 12.9. The molecule has 0 radical (unpaired) electrons. The normalized spacial score (nSPS) is 14.1. The standard InChI is InChI=1S/C22H35NO5/c1-7-10-13-22(5,27-14-8-2)21(25)23-17-11-12-19(28-16(4)9-3)18(15-17)20(24)26-6/h11-12,15-16H,7-10,13-14H2,1-6H3,(H,23,25)/t16-,22-/m0/s1. The first-order valence-corrected chi connectivity index (χ1v) is 10.2. The first-order chi connectivity index (χ1) is 13.3. The molecule has 0 aliphatic heterocycles. The van der Waals surface area contributed by atoms with Gasteiger partial charge in [0.25, 0.3) is 5.91 Å². The molecule has 0 spiro atoms. The molecule has 1 N–H and O–H groups in total. The minimum atomic E-state index is -0.913. The van der Waals surface area contributed by atoms with Crippen LogP contribution < -0.4 is 10.1 Å². The third-order valence-electron chi connectivity index (χ3n) is 4.66. The molecular weight excluding hydrogens is 358 g/mol. The largest absolute Gasteiger partial charge is 0.490 e. The number of esters is 1. The van der Waals surface area contributed by atoms with Gasteiger partial charge in [-0.3, -0.25) is 4.79 Å². The summed E-state index contributed by atoms with van der Waals surface area (Å²) in [7, 11) is 1.32. The first kappa shape index (κ1) is 24.0. The van der Waals surface area contributed by atoms with E-state index in [0.29, 0.717) is 24.5 Å². The summed E-state index contributed by atoms with van der Waals surface area (Å²) in [6.45, 7) is 10.4. The fraction of sp³-hybridized carbons (Fsp3) is 0.636. The lowest BCUT2D eigenvalue weighted by atomic mass is 9.97. The smallest absolute Gasteiger partial charge is 0.341 e. The SMILES string of the molecule is CCCC[C@](C)(OCCC)C(=O)Nc1ccc(O[C@@H](C)CC)c(C(=O)OC)c1. The quantitative estimate of drug-likeness (QED) is 0.508. The van der Waals surface area contributed by atoms with Gasteiger partial charge in [-0.1, -0.05) is 33.6 Å². The van der Waals surface area contributed by atoms with Crippen LogP contribution in [0.5, 0.6) is 5.75 Å². The van der Waals surface area contributed by atoms with E-state index in [4.69, 9.17) is 14.2 Å². The van der Waals surface area contributed by atoms with Crippen LogP contribution in [-0.4, -0.2) is 37.3 Å². The molecule has 1 amide bonds. The average molecular weight is 394 g/mol. The fourth-order valence-electron chi connectivity index (χ4n) is 2.64. The minimum Gasteiger partial charge on any atom is -0.490 e. The van der Waals surface area contributed by atoms with Crippen LogP contribution in [0.2, 0.25) is 0 Å². The van der Waals surface area contributed by atoms with E-state index in [1.807, 2.05) is 27.7 Å². The zero-order chi connectivity index (χ0) is 21.2. The van der Waals surface area contributed by atoms with Crippen LogP contribution in [0.1, 0.15) is 77.1 Å². The van der Waals surface area contributed by atoms with Crippen LogP contribution in [0.25, 0.3) is 0 Å². The Hall–Kier alpha value is -2.08. The summed E-state index contributed by atoms with van der Waals surface area (Å²) in [6.07, 6.45) is 4.11. The lowest BCUT2D eigenvalue weighted by Crippen LogP contribution is -2.43. The summed E-state index contributed by atoms with van der Waals surface area (Å²) in [4.78, 5) is 25.1. The molecule has 0 bridgehead atoms. The Morgan fingerprint density at radius 1 is 1.18 bits per heavy atom. The van der Waals surface area contributed by atoms with Crippen molar-refractivity contribution in [1.82, 2.24) is 0 Å². The maximum Gasteiger partial charge on any atom is 0.341 e. The summed E-state index contributed by atoms with van der Waals surface area (Å²) < 4.78 is 16.6. The second kappa shape index (κ2) is 11.7. The van der Waals surface area contributed by atoms with Crippen molar-refractivity contribution >= 4 is 17.6 Å². The van der Waals surface area contributed by atoms with Gasteiger partial charge in [0.05, 0.1) is 13.2 Å². The summed E-state index contributed by atoms with van der Waals surface area (Å²) in [6, 6.07) is 4.99. The number of benzene rings is 1. The minimum absolute atomic E-state index is 0.0383. The molecule has 0 aliphatic carbocycles. The third kappa shape index (κ3) is 6.82. The van der Waals surface area contributed by atoms with Crippen LogP contribution in [0.3, 0.4) is 0 Å². The van der Waals surface area contributed by atoms with Crippen molar-refractivity contribution in [3.63, 3.8) is 0 Å². The number of hydrogen-bond donors (Lipinski definition) is 1. The molecule has 0 aliphatic rings. The number of carbonyl (C=O) groups is 2. The monoisotopic (exact) mass is 393 g/mol. The molecule has 0 unspecified atom stereocenters. The molecule has 6 heteroatoms. The van der Waals surface area contributed by atoms with Gasteiger partial charge >= 0.3 is 5.97 Å². The molecule has 0 fully saturated rings. The number of anilines is 1. The van der Waals surface area contributed by atoms with Crippen LogP contribution in [0.15, 0.2) is 18.2 Å². The van der Waals surface area contributed by atoms with Crippen molar-refractivity contribution in [2.75, 3.05) is 19.0 Å². The number of ether oxygens (including phenoxy) is 3. The molecule has 1 aromatic carbocycles. The van der Waals surface area contributed by atoms with Gasteiger partial charge < -0.3 is 19.5 Å². The van der Waals surface area contributed by atoms with E-state index < -0.39 is 11.6 Å². The van der Waals surface area contributed by atoms with E-state index in [-0.39, 0.29) is 17.6 Å². The average Bonchev–Trinajstić information content (AvgIpc) is 2.70. The van der Waals surface area contributed by atoms with Crippen LogP contribution >= 0.6 is 0 Å². The van der Waals surface area contributed by atoms with Gasteiger partial charge in [-0.05, 0) is 51.3 Å². The summed E-state index contributed by atoms with van der Waals surface area (Å²) in [5, 5.41) is 2.89. The molecule has 28 heavy (non-hydrogen) atoms. The van der Waals surface area contributed by atoms with E-state index >= 15 is 0 Å². The second-order valence-corrected chi connectivity index (χ2v) is 7.18. The second-order valence-electron chi connectivity index (χ2n) is 7.18. The molecule has 6 nitrogen and oxygen atoms in total. The van der Waals surface area contributed by atoms with Gasteiger partial charge in [0.2, 0.25) is 0 Å². The van der Waals surface area contributed by atoms with Crippen molar-refractivity contribution < 1.29 is 23.8 Å². The van der Waals surface area contributed by atoms with E-state index in [0.717, 1.165) is 25.7 Å². The van der Waals surface area contributed by atoms with Gasteiger partial charge in [-0.25, -0.2) is 4.79 Å². The highest BCUT2D eigenvalue weighted by molar-refractivity contribution is 5.99. The molecular formula is C22H35NO5. The topological polar surface area (TPSA) is 73.9 Å². The zero-order valence-electron chi connectivity index (χ0n) is 18.1. The van der Waals surface area contributed by atoms with E-state index in [9.17, 15) is 9.59 Å². The molecule has 0 heterocycles. The number of amides is 1. The molecule has 0 saturated carbocycles. The van der Waals surface area contributed by atoms with Gasteiger partial charge in [-0.2, -0.15) is 0 Å². The van der Waals surface area contributed by atoms with Crippen LogP contribution in [-0.2, 0) is 14.3 Å². The fourth-order valence-corrected chi connectivity index (χ4v) is 2.64. The molecule has 1 rings (SSSR count). The van der Waals surface area contributed by atoms with Gasteiger partial charge in [-0.15, -0.1) is 0 Å². The number of carbonyl (C=O) groups excluding carboxylic acids is 2. The van der Waals surface area contributed by atoms with Gasteiger partial charge in [0.15, 0.2) is 0 Å². The summed E-state index contributed by atoms with van der Waals surface area (Å²) >= 11 is 0. The predicted octanol–water partition coefficient (Wildman–Crippen LogP) is 4.96. The number of nitrogens with one attached hydrogen (secondary N) is 1. The molecule has 0 aromatic heterocycles. The molecule has 2 atom stereocenters. The van der Waals surface area contributed by atoms with E-state index in [1.54, 1.807) is 18.2 Å². The van der Waals surface area contributed by atoms with Crippen molar-refractivity contribution in [2.24, 2.45) is 0 Å². The summed E-state index contributed by atoms with van der Waals surface area (Å²) in [5.74, 6) is -0.290.